The van der Waals surface area contributed by atoms with Gasteiger partial charge in [-0.3, -0.25) is 9.48 Å². The first kappa shape index (κ1) is 22.7. The lowest BCUT2D eigenvalue weighted by molar-refractivity contribution is 0.102. The monoisotopic (exact) mass is 440 g/mol. The molecule has 0 spiro atoms. The summed E-state index contributed by atoms with van der Waals surface area (Å²) in [4.78, 5) is 12.8. The van der Waals surface area contributed by atoms with Crippen LogP contribution in [0, 0.1) is 13.8 Å². The van der Waals surface area contributed by atoms with Crippen LogP contribution in [0.5, 0.6) is 0 Å². The molecule has 1 heterocycles. The Morgan fingerprint density at radius 3 is 2.13 bits per heavy atom. The number of aromatic nitrogens is 2. The van der Waals surface area contributed by atoms with Crippen molar-refractivity contribution in [2.24, 2.45) is 0 Å². The minimum absolute atomic E-state index is 0.211. The molecule has 0 unspecified atom stereocenters. The van der Waals surface area contributed by atoms with E-state index in [4.69, 9.17) is 0 Å². The molecule has 7 nitrogen and oxygen atoms in total. The van der Waals surface area contributed by atoms with E-state index in [2.05, 4.69) is 10.4 Å². The average molecular weight is 441 g/mol. The van der Waals surface area contributed by atoms with E-state index in [1.807, 2.05) is 36.7 Å². The molecule has 0 bridgehead atoms. The van der Waals surface area contributed by atoms with Crippen molar-refractivity contribution in [3.05, 3.63) is 77.1 Å². The van der Waals surface area contributed by atoms with Crippen molar-refractivity contribution in [1.29, 1.82) is 0 Å². The topological polar surface area (TPSA) is 84.3 Å². The van der Waals surface area contributed by atoms with Crippen LogP contribution in [-0.4, -0.2) is 41.5 Å². The molecule has 1 N–H and O–H groups in total. The molecule has 164 valence electrons. The molecule has 3 aromatic rings. The van der Waals surface area contributed by atoms with E-state index in [0.29, 0.717) is 30.9 Å². The Bertz CT molecular complexity index is 1150. The minimum atomic E-state index is -3.52. The molecule has 0 aliphatic carbocycles. The van der Waals surface area contributed by atoms with Gasteiger partial charge >= 0.3 is 0 Å². The zero-order valence-electron chi connectivity index (χ0n) is 18.3. The number of amides is 1. The summed E-state index contributed by atoms with van der Waals surface area (Å²) in [5, 5.41) is 7.27. The third-order valence-electron chi connectivity index (χ3n) is 5.11. The Labute approximate surface area is 183 Å². The van der Waals surface area contributed by atoms with E-state index >= 15 is 0 Å². The van der Waals surface area contributed by atoms with Crippen molar-refractivity contribution in [2.75, 3.05) is 18.4 Å². The van der Waals surface area contributed by atoms with Gasteiger partial charge in [0.25, 0.3) is 5.91 Å². The molecular weight excluding hydrogens is 412 g/mol. The first-order chi connectivity index (χ1) is 14.7. The second-order valence-electron chi connectivity index (χ2n) is 7.35. The number of aryl methyl sites for hydroxylation is 2. The number of hydrogen-bond acceptors (Lipinski definition) is 4. The van der Waals surface area contributed by atoms with Gasteiger partial charge in [-0.15, -0.1) is 0 Å². The van der Waals surface area contributed by atoms with E-state index in [1.165, 1.54) is 16.4 Å². The smallest absolute Gasteiger partial charge is 0.255 e. The Hall–Kier alpha value is -2.97. The van der Waals surface area contributed by atoms with E-state index in [-0.39, 0.29) is 10.8 Å². The van der Waals surface area contributed by atoms with E-state index in [1.54, 1.807) is 38.1 Å². The number of carbonyl (C=O) groups is 1. The third kappa shape index (κ3) is 5.21. The molecule has 31 heavy (non-hydrogen) atoms. The van der Waals surface area contributed by atoms with Gasteiger partial charge in [0.05, 0.1) is 17.1 Å². The Kier molecular flexibility index (Phi) is 6.92. The van der Waals surface area contributed by atoms with Crippen LogP contribution < -0.4 is 5.32 Å². The standard InChI is InChI=1S/C23H28N4O3S/c1-5-26(6-2)31(29,30)22-13-11-21(12-14-22)24-23(28)20-9-7-19(8-10-20)16-27-18(4)15-17(3)25-27/h7-15H,5-6,16H2,1-4H3,(H,24,28). The zero-order chi connectivity index (χ0) is 22.6. The number of anilines is 1. The molecule has 0 fully saturated rings. The Morgan fingerprint density at radius 1 is 1.00 bits per heavy atom. The van der Waals surface area contributed by atoms with Crippen LogP contribution in [0.25, 0.3) is 0 Å². The van der Waals surface area contributed by atoms with Gasteiger partial charge < -0.3 is 5.32 Å². The number of hydrogen-bond donors (Lipinski definition) is 1. The number of carbonyl (C=O) groups excluding carboxylic acids is 1. The second-order valence-corrected chi connectivity index (χ2v) is 9.29. The number of sulfonamides is 1. The molecule has 0 radical (unpaired) electrons. The van der Waals surface area contributed by atoms with E-state index in [0.717, 1.165) is 17.0 Å². The fraction of sp³-hybridized carbons (Fsp3) is 0.304. The summed E-state index contributed by atoms with van der Waals surface area (Å²) in [5.41, 5.74) is 4.18. The highest BCUT2D eigenvalue weighted by Gasteiger charge is 2.21. The number of rotatable bonds is 8. The summed E-state index contributed by atoms with van der Waals surface area (Å²) >= 11 is 0. The van der Waals surface area contributed by atoms with Gasteiger partial charge in [-0.2, -0.15) is 9.40 Å². The lowest BCUT2D eigenvalue weighted by Gasteiger charge is -2.18. The molecule has 0 saturated carbocycles. The molecule has 1 amide bonds. The average Bonchev–Trinajstić information content (AvgIpc) is 3.06. The van der Waals surface area contributed by atoms with Crippen LogP contribution in [-0.2, 0) is 16.6 Å². The predicted molar refractivity (Wildman–Crippen MR) is 122 cm³/mol. The van der Waals surface area contributed by atoms with Gasteiger partial charge in [0.2, 0.25) is 10.0 Å². The molecule has 0 saturated heterocycles. The SMILES string of the molecule is CCN(CC)S(=O)(=O)c1ccc(NC(=O)c2ccc(Cn3nc(C)cc3C)cc2)cc1. The molecule has 2 aromatic carbocycles. The van der Waals surface area contributed by atoms with Crippen molar-refractivity contribution in [3.8, 4) is 0 Å². The van der Waals surface area contributed by atoms with Gasteiger partial charge in [0.15, 0.2) is 0 Å². The van der Waals surface area contributed by atoms with Crippen molar-refractivity contribution >= 4 is 21.6 Å². The predicted octanol–water partition coefficient (Wildman–Crippen LogP) is 3.83. The van der Waals surface area contributed by atoms with Crippen molar-refractivity contribution in [1.82, 2.24) is 14.1 Å². The van der Waals surface area contributed by atoms with Crippen LogP contribution in [0.15, 0.2) is 59.5 Å². The van der Waals surface area contributed by atoms with Gasteiger partial charge in [-0.25, -0.2) is 8.42 Å². The Balaban J connectivity index is 1.67. The first-order valence-electron chi connectivity index (χ1n) is 10.3. The Morgan fingerprint density at radius 2 is 1.61 bits per heavy atom. The molecular formula is C23H28N4O3S. The molecule has 0 atom stereocenters. The summed E-state index contributed by atoms with van der Waals surface area (Å²) in [6.07, 6.45) is 0. The molecule has 8 heteroatoms. The first-order valence-corrected chi connectivity index (χ1v) is 11.7. The fourth-order valence-corrected chi connectivity index (χ4v) is 4.85. The van der Waals surface area contributed by atoms with Gasteiger partial charge in [0, 0.05) is 30.0 Å². The van der Waals surface area contributed by atoms with Crippen molar-refractivity contribution in [2.45, 2.75) is 39.1 Å². The van der Waals surface area contributed by atoms with Gasteiger partial charge in [-0.05, 0) is 61.9 Å². The van der Waals surface area contributed by atoms with Crippen LogP contribution in [0.4, 0.5) is 5.69 Å². The largest absolute Gasteiger partial charge is 0.322 e. The lowest BCUT2D eigenvalue weighted by atomic mass is 10.1. The minimum Gasteiger partial charge on any atom is -0.322 e. The summed E-state index contributed by atoms with van der Waals surface area (Å²) in [5.74, 6) is -0.253. The number of nitrogens with zero attached hydrogens (tertiary/aromatic N) is 3. The van der Waals surface area contributed by atoms with Gasteiger partial charge in [-0.1, -0.05) is 26.0 Å². The highest BCUT2D eigenvalue weighted by atomic mass is 32.2. The van der Waals surface area contributed by atoms with Crippen LogP contribution in [0.3, 0.4) is 0 Å². The van der Waals surface area contributed by atoms with E-state index < -0.39 is 10.0 Å². The zero-order valence-corrected chi connectivity index (χ0v) is 19.1. The number of nitrogens with one attached hydrogen (secondary N) is 1. The molecule has 1 aromatic heterocycles. The lowest BCUT2D eigenvalue weighted by Crippen LogP contribution is -2.30. The van der Waals surface area contributed by atoms with Crippen molar-refractivity contribution in [3.63, 3.8) is 0 Å². The maximum atomic E-state index is 12.6. The van der Waals surface area contributed by atoms with Crippen molar-refractivity contribution < 1.29 is 13.2 Å². The molecule has 0 aliphatic rings. The second kappa shape index (κ2) is 9.45. The third-order valence-corrected chi connectivity index (χ3v) is 7.17. The molecule has 3 rings (SSSR count). The highest BCUT2D eigenvalue weighted by molar-refractivity contribution is 7.89. The highest BCUT2D eigenvalue weighted by Crippen LogP contribution is 2.19. The number of benzene rings is 2. The summed E-state index contributed by atoms with van der Waals surface area (Å²) in [6, 6.07) is 15.6. The van der Waals surface area contributed by atoms with E-state index in [9.17, 15) is 13.2 Å². The quantitative estimate of drug-likeness (QED) is 0.577. The molecule has 0 aliphatic heterocycles. The maximum absolute atomic E-state index is 12.6. The fourth-order valence-electron chi connectivity index (χ4n) is 3.40. The maximum Gasteiger partial charge on any atom is 0.255 e. The van der Waals surface area contributed by atoms with Crippen LogP contribution in [0.1, 0.15) is 41.2 Å². The summed E-state index contributed by atoms with van der Waals surface area (Å²) < 4.78 is 28.5. The summed E-state index contributed by atoms with van der Waals surface area (Å²) in [6.45, 7) is 9.04. The van der Waals surface area contributed by atoms with Crippen LogP contribution in [0.2, 0.25) is 0 Å². The normalized spacial score (nSPS) is 11.6. The summed E-state index contributed by atoms with van der Waals surface area (Å²) in [7, 11) is -3.52. The van der Waals surface area contributed by atoms with Crippen LogP contribution >= 0.6 is 0 Å². The van der Waals surface area contributed by atoms with Gasteiger partial charge in [0.1, 0.15) is 0 Å².